The molecule has 4 nitrogen and oxygen atoms in total. The molecule has 1 fully saturated rings. The van der Waals surface area contributed by atoms with E-state index in [1.807, 2.05) is 0 Å². The molecule has 1 aliphatic carbocycles. The molecular formula is C14H25N3O. The zero-order valence-electron chi connectivity index (χ0n) is 12.0. The molecule has 1 unspecified atom stereocenters. The summed E-state index contributed by atoms with van der Waals surface area (Å²) in [4.78, 5) is 4.57. The predicted octanol–water partition coefficient (Wildman–Crippen LogP) is 3.34. The number of nitrogens with zero attached hydrogens (tertiary/aromatic N) is 2. The van der Waals surface area contributed by atoms with E-state index in [4.69, 9.17) is 10.3 Å². The van der Waals surface area contributed by atoms with Gasteiger partial charge in [-0.2, -0.15) is 4.98 Å². The molecule has 1 heterocycles. The summed E-state index contributed by atoms with van der Waals surface area (Å²) in [5, 5.41) is 4.09. The van der Waals surface area contributed by atoms with E-state index in [0.717, 1.165) is 18.7 Å². The van der Waals surface area contributed by atoms with Crippen LogP contribution >= 0.6 is 0 Å². The Balaban J connectivity index is 2.20. The van der Waals surface area contributed by atoms with Crippen LogP contribution < -0.4 is 5.73 Å². The Kier molecular flexibility index (Phi) is 3.49. The van der Waals surface area contributed by atoms with E-state index in [-0.39, 0.29) is 16.9 Å². The number of aromatic nitrogens is 2. The van der Waals surface area contributed by atoms with E-state index in [1.54, 1.807) is 0 Å². The maximum Gasteiger partial charge on any atom is 0.232 e. The molecule has 18 heavy (non-hydrogen) atoms. The van der Waals surface area contributed by atoms with Crippen molar-refractivity contribution in [1.82, 2.24) is 10.1 Å². The first kappa shape index (κ1) is 13.5. The Morgan fingerprint density at radius 2 is 1.83 bits per heavy atom. The SMILES string of the molecule is CC1(c2nc(C(N)C(C)(C)C)no2)CCCCC1. The molecule has 2 rings (SSSR count). The normalized spacial score (nSPS) is 21.8. The first-order valence-electron chi connectivity index (χ1n) is 6.93. The highest BCUT2D eigenvalue weighted by Crippen LogP contribution is 2.39. The number of hydrogen-bond donors (Lipinski definition) is 1. The van der Waals surface area contributed by atoms with Crippen LogP contribution in [0, 0.1) is 5.41 Å². The number of hydrogen-bond acceptors (Lipinski definition) is 4. The van der Waals surface area contributed by atoms with E-state index < -0.39 is 0 Å². The average Bonchev–Trinajstić information content (AvgIpc) is 2.77. The van der Waals surface area contributed by atoms with E-state index in [2.05, 4.69) is 37.8 Å². The molecule has 0 radical (unpaired) electrons. The first-order valence-corrected chi connectivity index (χ1v) is 6.93. The molecule has 4 heteroatoms. The van der Waals surface area contributed by atoms with E-state index in [1.165, 1.54) is 19.3 Å². The average molecular weight is 251 g/mol. The first-order chi connectivity index (χ1) is 8.33. The minimum Gasteiger partial charge on any atom is -0.339 e. The Morgan fingerprint density at radius 3 is 2.39 bits per heavy atom. The summed E-state index contributed by atoms with van der Waals surface area (Å²) in [5.74, 6) is 1.42. The number of nitrogens with two attached hydrogens (primary N) is 1. The van der Waals surface area contributed by atoms with Crippen molar-refractivity contribution in [3.8, 4) is 0 Å². The molecule has 0 bridgehead atoms. The molecule has 0 saturated heterocycles. The highest BCUT2D eigenvalue weighted by atomic mass is 16.5. The zero-order chi connectivity index (χ0) is 13.4. The van der Waals surface area contributed by atoms with Crippen molar-refractivity contribution in [1.29, 1.82) is 0 Å². The lowest BCUT2D eigenvalue weighted by Crippen LogP contribution is -2.28. The van der Waals surface area contributed by atoms with Crippen molar-refractivity contribution in [2.75, 3.05) is 0 Å². The minimum absolute atomic E-state index is 0.0470. The number of rotatable bonds is 2. The predicted molar refractivity (Wildman–Crippen MR) is 71.1 cm³/mol. The summed E-state index contributed by atoms with van der Waals surface area (Å²) in [6.07, 6.45) is 6.09. The van der Waals surface area contributed by atoms with Gasteiger partial charge in [-0.3, -0.25) is 0 Å². The second-order valence-electron chi connectivity index (χ2n) is 6.92. The quantitative estimate of drug-likeness (QED) is 0.875. The van der Waals surface area contributed by atoms with Crippen molar-refractivity contribution >= 4 is 0 Å². The van der Waals surface area contributed by atoms with Crippen LogP contribution in [0.3, 0.4) is 0 Å². The van der Waals surface area contributed by atoms with Gasteiger partial charge in [-0.1, -0.05) is 52.1 Å². The van der Waals surface area contributed by atoms with Gasteiger partial charge < -0.3 is 10.3 Å². The van der Waals surface area contributed by atoms with Crippen LogP contribution in [0.4, 0.5) is 0 Å². The third-order valence-corrected chi connectivity index (χ3v) is 4.13. The fraction of sp³-hybridized carbons (Fsp3) is 0.857. The molecular weight excluding hydrogens is 226 g/mol. The van der Waals surface area contributed by atoms with E-state index in [9.17, 15) is 0 Å². The summed E-state index contributed by atoms with van der Waals surface area (Å²) in [5.41, 5.74) is 6.18. The largest absolute Gasteiger partial charge is 0.339 e. The van der Waals surface area contributed by atoms with Gasteiger partial charge in [-0.25, -0.2) is 0 Å². The topological polar surface area (TPSA) is 64.9 Å². The Bertz CT molecular complexity index is 399. The fourth-order valence-corrected chi connectivity index (χ4v) is 2.54. The standard InChI is InChI=1S/C14H25N3O/c1-13(2,3)10(15)11-16-12(18-17-11)14(4)8-6-5-7-9-14/h10H,5-9,15H2,1-4H3. The van der Waals surface area contributed by atoms with Gasteiger partial charge in [-0.05, 0) is 18.3 Å². The summed E-state index contributed by atoms with van der Waals surface area (Å²) < 4.78 is 5.48. The van der Waals surface area contributed by atoms with Crippen LogP contribution in [-0.2, 0) is 5.41 Å². The molecule has 0 spiro atoms. The molecule has 102 valence electrons. The Hall–Kier alpha value is -0.900. The second-order valence-corrected chi connectivity index (χ2v) is 6.92. The van der Waals surface area contributed by atoms with Crippen molar-refractivity contribution in [3.63, 3.8) is 0 Å². The third-order valence-electron chi connectivity index (χ3n) is 4.13. The fourth-order valence-electron chi connectivity index (χ4n) is 2.54. The zero-order valence-corrected chi connectivity index (χ0v) is 12.0. The second kappa shape index (κ2) is 4.65. The molecule has 1 aromatic rings. The van der Waals surface area contributed by atoms with Gasteiger partial charge in [-0.15, -0.1) is 0 Å². The monoisotopic (exact) mass is 251 g/mol. The third kappa shape index (κ3) is 2.58. The van der Waals surface area contributed by atoms with Crippen molar-refractivity contribution in [2.45, 2.75) is 71.3 Å². The van der Waals surface area contributed by atoms with Crippen molar-refractivity contribution in [3.05, 3.63) is 11.7 Å². The van der Waals surface area contributed by atoms with Crippen LogP contribution in [0.1, 0.15) is 77.6 Å². The molecule has 1 saturated carbocycles. The molecule has 0 amide bonds. The molecule has 1 aliphatic rings. The van der Waals surface area contributed by atoms with Gasteiger partial charge in [0.15, 0.2) is 5.82 Å². The molecule has 2 N–H and O–H groups in total. The van der Waals surface area contributed by atoms with Gasteiger partial charge in [0.25, 0.3) is 0 Å². The highest BCUT2D eigenvalue weighted by Gasteiger charge is 2.36. The Labute approximate surface area is 109 Å². The highest BCUT2D eigenvalue weighted by molar-refractivity contribution is 5.07. The van der Waals surface area contributed by atoms with Gasteiger partial charge in [0.05, 0.1) is 6.04 Å². The summed E-state index contributed by atoms with van der Waals surface area (Å²) in [7, 11) is 0. The molecule has 0 aromatic carbocycles. The van der Waals surface area contributed by atoms with Gasteiger partial charge in [0, 0.05) is 5.41 Å². The van der Waals surface area contributed by atoms with E-state index in [0.29, 0.717) is 5.82 Å². The van der Waals surface area contributed by atoms with Crippen molar-refractivity contribution in [2.24, 2.45) is 11.1 Å². The van der Waals surface area contributed by atoms with Crippen LogP contribution in [0.5, 0.6) is 0 Å². The maximum atomic E-state index is 6.17. The molecule has 0 aliphatic heterocycles. The van der Waals surface area contributed by atoms with Crippen molar-refractivity contribution < 1.29 is 4.52 Å². The van der Waals surface area contributed by atoms with Gasteiger partial charge >= 0.3 is 0 Å². The van der Waals surface area contributed by atoms with E-state index >= 15 is 0 Å². The van der Waals surface area contributed by atoms with Crippen LogP contribution in [0.2, 0.25) is 0 Å². The summed E-state index contributed by atoms with van der Waals surface area (Å²) in [6, 6.07) is -0.179. The van der Waals surface area contributed by atoms with Crippen LogP contribution in [-0.4, -0.2) is 10.1 Å². The van der Waals surface area contributed by atoms with Crippen LogP contribution in [0.15, 0.2) is 4.52 Å². The summed E-state index contributed by atoms with van der Waals surface area (Å²) >= 11 is 0. The summed E-state index contributed by atoms with van der Waals surface area (Å²) in [6.45, 7) is 8.51. The molecule has 1 aromatic heterocycles. The molecule has 1 atom stereocenters. The van der Waals surface area contributed by atoms with Gasteiger partial charge in [0.1, 0.15) is 0 Å². The minimum atomic E-state index is -0.179. The van der Waals surface area contributed by atoms with Crippen LogP contribution in [0.25, 0.3) is 0 Å². The lowest BCUT2D eigenvalue weighted by Gasteiger charge is -2.29. The lowest BCUT2D eigenvalue weighted by molar-refractivity contribution is 0.230. The lowest BCUT2D eigenvalue weighted by atomic mass is 9.75. The maximum absolute atomic E-state index is 6.17. The van der Waals surface area contributed by atoms with Gasteiger partial charge in [0.2, 0.25) is 5.89 Å². The smallest absolute Gasteiger partial charge is 0.232 e. The Morgan fingerprint density at radius 1 is 1.22 bits per heavy atom.